The predicted molar refractivity (Wildman–Crippen MR) is 68.5 cm³/mol. The van der Waals surface area contributed by atoms with Gasteiger partial charge in [-0.2, -0.15) is 9.97 Å². The molecule has 0 unspecified atom stereocenters. The van der Waals surface area contributed by atoms with Gasteiger partial charge in [-0.05, 0) is 13.0 Å². The zero-order valence-electron chi connectivity index (χ0n) is 10.7. The van der Waals surface area contributed by atoms with Crippen LogP contribution in [0.5, 0.6) is 5.88 Å². The maximum atomic E-state index is 5.63. The number of rotatable bonds is 4. The highest BCUT2D eigenvalue weighted by Crippen LogP contribution is 2.20. The van der Waals surface area contributed by atoms with E-state index in [1.165, 1.54) is 0 Å². The van der Waals surface area contributed by atoms with E-state index in [-0.39, 0.29) is 5.95 Å². The number of nitrogen functional groups attached to an aromatic ring is 1. The Balaban J connectivity index is 2.20. The van der Waals surface area contributed by atoms with E-state index in [1.54, 1.807) is 19.4 Å². The van der Waals surface area contributed by atoms with Crippen molar-refractivity contribution in [3.8, 4) is 5.88 Å². The Morgan fingerprint density at radius 3 is 2.83 bits per heavy atom. The molecule has 2 heterocycles. The number of nitrogens with two attached hydrogens (primary N) is 1. The number of nitrogens with zero attached hydrogens (tertiary/aromatic N) is 3. The summed E-state index contributed by atoms with van der Waals surface area (Å²) in [6.07, 6.45) is 1.67. The number of anilines is 2. The molecule has 0 saturated carbocycles. The first-order valence-electron chi connectivity index (χ1n) is 5.53. The van der Waals surface area contributed by atoms with Crippen molar-refractivity contribution in [2.75, 3.05) is 24.8 Å². The number of aryl methyl sites for hydroxylation is 1. The lowest BCUT2D eigenvalue weighted by molar-refractivity contribution is 0.397. The minimum atomic E-state index is 0.195. The van der Waals surface area contributed by atoms with Gasteiger partial charge in [-0.3, -0.25) is 0 Å². The summed E-state index contributed by atoms with van der Waals surface area (Å²) in [6.45, 7) is 2.61. The van der Waals surface area contributed by atoms with Gasteiger partial charge in [-0.1, -0.05) is 0 Å². The molecule has 0 amide bonds. The summed E-state index contributed by atoms with van der Waals surface area (Å²) in [7, 11) is 3.47. The van der Waals surface area contributed by atoms with Gasteiger partial charge in [0.15, 0.2) is 0 Å². The van der Waals surface area contributed by atoms with Gasteiger partial charge in [0.2, 0.25) is 11.8 Å². The quantitative estimate of drug-likeness (QED) is 0.885. The van der Waals surface area contributed by atoms with Crippen molar-refractivity contribution in [3.05, 3.63) is 29.7 Å². The summed E-state index contributed by atoms with van der Waals surface area (Å²) in [4.78, 5) is 10.1. The first kappa shape index (κ1) is 12.2. The molecule has 6 heteroatoms. The molecule has 2 aromatic heterocycles. The van der Waals surface area contributed by atoms with Crippen molar-refractivity contribution >= 4 is 11.8 Å². The number of methoxy groups -OCH3 is 1. The van der Waals surface area contributed by atoms with E-state index in [1.807, 2.05) is 24.9 Å². The Morgan fingerprint density at radius 2 is 2.22 bits per heavy atom. The van der Waals surface area contributed by atoms with Crippen LogP contribution in [0, 0.1) is 6.92 Å². The molecular formula is C12H16N4O2. The molecule has 96 valence electrons. The standard InChI is InChI=1S/C12H16N4O2/c1-8-9(4-5-18-8)7-16(2)10-6-11(17-3)15-12(13)14-10/h4-6H,7H2,1-3H3,(H2,13,14,15). The second-order valence-corrected chi connectivity index (χ2v) is 3.98. The second-order valence-electron chi connectivity index (χ2n) is 3.98. The SMILES string of the molecule is COc1cc(N(C)Cc2ccoc2C)nc(N)n1. The first-order valence-corrected chi connectivity index (χ1v) is 5.53. The Kier molecular flexibility index (Phi) is 3.36. The van der Waals surface area contributed by atoms with Crippen molar-refractivity contribution in [1.82, 2.24) is 9.97 Å². The molecule has 18 heavy (non-hydrogen) atoms. The van der Waals surface area contributed by atoms with Crippen LogP contribution < -0.4 is 15.4 Å². The second kappa shape index (κ2) is 4.95. The summed E-state index contributed by atoms with van der Waals surface area (Å²) in [5.74, 6) is 2.25. The summed E-state index contributed by atoms with van der Waals surface area (Å²) in [6, 6.07) is 3.68. The number of hydrogen-bond acceptors (Lipinski definition) is 6. The van der Waals surface area contributed by atoms with Gasteiger partial charge in [0.05, 0.1) is 13.4 Å². The third-order valence-corrected chi connectivity index (χ3v) is 2.68. The van der Waals surface area contributed by atoms with E-state index >= 15 is 0 Å². The Bertz CT molecular complexity index is 539. The van der Waals surface area contributed by atoms with Crippen molar-refractivity contribution in [1.29, 1.82) is 0 Å². The summed E-state index contributed by atoms with van der Waals surface area (Å²) >= 11 is 0. The van der Waals surface area contributed by atoms with Crippen LogP contribution in [0.15, 0.2) is 22.8 Å². The van der Waals surface area contributed by atoms with Crippen LogP contribution in [-0.2, 0) is 6.54 Å². The van der Waals surface area contributed by atoms with Crippen LogP contribution in [-0.4, -0.2) is 24.1 Å². The van der Waals surface area contributed by atoms with E-state index in [0.29, 0.717) is 18.2 Å². The first-order chi connectivity index (χ1) is 8.60. The zero-order valence-corrected chi connectivity index (χ0v) is 10.7. The van der Waals surface area contributed by atoms with Gasteiger partial charge in [-0.15, -0.1) is 0 Å². The highest BCUT2D eigenvalue weighted by molar-refractivity contribution is 5.45. The lowest BCUT2D eigenvalue weighted by atomic mass is 10.2. The molecule has 0 atom stereocenters. The molecule has 0 saturated heterocycles. The average Bonchev–Trinajstić information content (AvgIpc) is 2.74. The van der Waals surface area contributed by atoms with E-state index in [0.717, 1.165) is 11.3 Å². The van der Waals surface area contributed by atoms with Gasteiger partial charge < -0.3 is 19.8 Å². The van der Waals surface area contributed by atoms with Crippen LogP contribution in [0.1, 0.15) is 11.3 Å². The molecule has 6 nitrogen and oxygen atoms in total. The lowest BCUT2D eigenvalue weighted by Crippen LogP contribution is -2.18. The maximum absolute atomic E-state index is 5.63. The predicted octanol–water partition coefficient (Wildman–Crippen LogP) is 1.61. The Hall–Kier alpha value is -2.24. The summed E-state index contributed by atoms with van der Waals surface area (Å²) in [5, 5.41) is 0. The van der Waals surface area contributed by atoms with Crippen molar-refractivity contribution in [2.24, 2.45) is 0 Å². The van der Waals surface area contributed by atoms with Gasteiger partial charge in [0.1, 0.15) is 11.6 Å². The molecule has 0 aromatic carbocycles. The number of furan rings is 1. The Morgan fingerprint density at radius 1 is 1.44 bits per heavy atom. The van der Waals surface area contributed by atoms with E-state index in [2.05, 4.69) is 9.97 Å². The number of hydrogen-bond donors (Lipinski definition) is 1. The normalized spacial score (nSPS) is 10.4. The number of ether oxygens (including phenoxy) is 1. The smallest absolute Gasteiger partial charge is 0.225 e. The van der Waals surface area contributed by atoms with Crippen LogP contribution >= 0.6 is 0 Å². The molecular weight excluding hydrogens is 232 g/mol. The largest absolute Gasteiger partial charge is 0.481 e. The summed E-state index contributed by atoms with van der Waals surface area (Å²) < 4.78 is 10.3. The molecule has 0 spiro atoms. The minimum Gasteiger partial charge on any atom is -0.481 e. The van der Waals surface area contributed by atoms with Crippen LogP contribution in [0.2, 0.25) is 0 Å². The average molecular weight is 248 g/mol. The molecule has 2 aromatic rings. The van der Waals surface area contributed by atoms with Gasteiger partial charge in [0.25, 0.3) is 0 Å². The fourth-order valence-corrected chi connectivity index (χ4v) is 1.64. The molecule has 0 aliphatic rings. The molecule has 2 N–H and O–H groups in total. The topological polar surface area (TPSA) is 77.4 Å². The molecule has 2 rings (SSSR count). The summed E-state index contributed by atoms with van der Waals surface area (Å²) in [5.41, 5.74) is 6.73. The third kappa shape index (κ3) is 2.53. The molecule has 0 bridgehead atoms. The van der Waals surface area contributed by atoms with E-state index in [4.69, 9.17) is 14.9 Å². The third-order valence-electron chi connectivity index (χ3n) is 2.68. The van der Waals surface area contributed by atoms with Crippen molar-refractivity contribution in [3.63, 3.8) is 0 Å². The fraction of sp³-hybridized carbons (Fsp3) is 0.333. The van der Waals surface area contributed by atoms with E-state index < -0.39 is 0 Å². The highest BCUT2D eigenvalue weighted by Gasteiger charge is 2.10. The van der Waals surface area contributed by atoms with Gasteiger partial charge in [-0.25, -0.2) is 0 Å². The molecule has 0 radical (unpaired) electrons. The van der Waals surface area contributed by atoms with Gasteiger partial charge in [0, 0.05) is 25.2 Å². The monoisotopic (exact) mass is 248 g/mol. The molecule has 0 fully saturated rings. The Labute approximate surface area is 105 Å². The van der Waals surface area contributed by atoms with Crippen LogP contribution in [0.3, 0.4) is 0 Å². The van der Waals surface area contributed by atoms with E-state index in [9.17, 15) is 0 Å². The van der Waals surface area contributed by atoms with Crippen molar-refractivity contribution < 1.29 is 9.15 Å². The lowest BCUT2D eigenvalue weighted by Gasteiger charge is -2.18. The highest BCUT2D eigenvalue weighted by atomic mass is 16.5. The zero-order chi connectivity index (χ0) is 13.1. The minimum absolute atomic E-state index is 0.195. The molecule has 0 aliphatic heterocycles. The van der Waals surface area contributed by atoms with Crippen LogP contribution in [0.25, 0.3) is 0 Å². The fourth-order valence-electron chi connectivity index (χ4n) is 1.64. The number of aromatic nitrogens is 2. The van der Waals surface area contributed by atoms with Gasteiger partial charge >= 0.3 is 0 Å². The van der Waals surface area contributed by atoms with Crippen molar-refractivity contribution in [2.45, 2.75) is 13.5 Å². The maximum Gasteiger partial charge on any atom is 0.225 e. The molecule has 0 aliphatic carbocycles. The van der Waals surface area contributed by atoms with Crippen LogP contribution in [0.4, 0.5) is 11.8 Å².